The van der Waals surface area contributed by atoms with Crippen LogP contribution in [-0.4, -0.2) is 46.0 Å². The molecule has 0 atom stereocenters. The summed E-state index contributed by atoms with van der Waals surface area (Å²) in [5, 5.41) is 1.03. The molecule has 0 spiro atoms. The molecule has 0 radical (unpaired) electrons. The third kappa shape index (κ3) is 4.18. The zero-order valence-corrected chi connectivity index (χ0v) is 17.1. The molecule has 1 saturated heterocycles. The molecule has 4 aromatic rings. The molecule has 156 valence electrons. The second kappa shape index (κ2) is 8.28. The first kappa shape index (κ1) is 19.4. The smallest absolute Gasteiger partial charge is 0.139 e. The van der Waals surface area contributed by atoms with Gasteiger partial charge >= 0.3 is 0 Å². The molecule has 3 heterocycles. The molecule has 0 bridgehead atoms. The molecule has 0 amide bonds. The van der Waals surface area contributed by atoms with E-state index in [-0.39, 0.29) is 5.82 Å². The summed E-state index contributed by atoms with van der Waals surface area (Å²) >= 11 is 0. The predicted molar refractivity (Wildman–Crippen MR) is 121 cm³/mol. The first-order chi connectivity index (χ1) is 15.2. The number of nitrogen functional groups attached to an aromatic ring is 1. The summed E-state index contributed by atoms with van der Waals surface area (Å²) in [5.41, 5.74) is 10.00. The summed E-state index contributed by atoms with van der Waals surface area (Å²) in [4.78, 5) is 17.9. The van der Waals surface area contributed by atoms with Crippen LogP contribution in [0.15, 0.2) is 67.1 Å². The fraction of sp³-hybridized carbons (Fsp3) is 0.208. The molecule has 31 heavy (non-hydrogen) atoms. The highest BCUT2D eigenvalue weighted by Gasteiger charge is 2.20. The van der Waals surface area contributed by atoms with Gasteiger partial charge in [-0.05, 0) is 53.1 Å². The number of aromatic nitrogens is 3. The first-order valence-electron chi connectivity index (χ1n) is 10.3. The van der Waals surface area contributed by atoms with Crippen molar-refractivity contribution in [2.75, 3.05) is 36.8 Å². The van der Waals surface area contributed by atoms with Crippen molar-refractivity contribution < 1.29 is 4.39 Å². The van der Waals surface area contributed by atoms with Gasteiger partial charge in [0.1, 0.15) is 23.8 Å². The van der Waals surface area contributed by atoms with Crippen molar-refractivity contribution in [2.45, 2.75) is 6.54 Å². The highest BCUT2D eigenvalue weighted by atomic mass is 19.1. The minimum Gasteiger partial charge on any atom is -0.384 e. The Morgan fingerprint density at radius 1 is 0.839 bits per heavy atom. The quantitative estimate of drug-likeness (QED) is 0.549. The van der Waals surface area contributed by atoms with Gasteiger partial charge in [-0.3, -0.25) is 4.90 Å². The predicted octanol–water partition coefficient (Wildman–Crippen LogP) is 3.74. The van der Waals surface area contributed by atoms with Gasteiger partial charge < -0.3 is 10.6 Å². The van der Waals surface area contributed by atoms with Crippen LogP contribution in [-0.2, 0) is 6.54 Å². The summed E-state index contributed by atoms with van der Waals surface area (Å²) in [6.07, 6.45) is 3.35. The fourth-order valence-electron chi connectivity index (χ4n) is 4.07. The summed E-state index contributed by atoms with van der Waals surface area (Å²) in [5.74, 6) is 1.26. The van der Waals surface area contributed by atoms with Gasteiger partial charge in [-0.2, -0.15) is 0 Å². The van der Waals surface area contributed by atoms with Gasteiger partial charge in [0.25, 0.3) is 0 Å². The lowest BCUT2D eigenvalue weighted by molar-refractivity contribution is 0.249. The minimum absolute atomic E-state index is 0.196. The Morgan fingerprint density at radius 3 is 2.39 bits per heavy atom. The van der Waals surface area contributed by atoms with E-state index in [9.17, 15) is 4.39 Å². The van der Waals surface area contributed by atoms with Gasteiger partial charge in [-0.25, -0.2) is 19.3 Å². The number of nitrogens with two attached hydrogens (primary N) is 1. The van der Waals surface area contributed by atoms with E-state index >= 15 is 0 Å². The summed E-state index contributed by atoms with van der Waals surface area (Å²) < 4.78 is 13.1. The van der Waals surface area contributed by atoms with Crippen molar-refractivity contribution >= 4 is 22.5 Å². The molecule has 1 aliphatic heterocycles. The molecule has 0 unspecified atom stereocenters. The Hall–Kier alpha value is -3.58. The molecule has 1 aliphatic rings. The maximum absolute atomic E-state index is 13.1. The van der Waals surface area contributed by atoms with Gasteiger partial charge in [0.05, 0.1) is 5.52 Å². The van der Waals surface area contributed by atoms with E-state index in [1.807, 2.05) is 30.3 Å². The molecule has 0 aliphatic carbocycles. The van der Waals surface area contributed by atoms with Crippen LogP contribution in [0, 0.1) is 5.82 Å². The lowest BCUT2D eigenvalue weighted by atomic mass is 10.0. The number of anilines is 2. The number of hydrogen-bond donors (Lipinski definition) is 1. The van der Waals surface area contributed by atoms with E-state index in [4.69, 9.17) is 5.73 Å². The first-order valence-corrected chi connectivity index (χ1v) is 10.3. The summed E-state index contributed by atoms with van der Waals surface area (Å²) in [6.45, 7) is 4.42. The Morgan fingerprint density at radius 2 is 1.61 bits per heavy atom. The standard InChI is InChI=1S/C24H23FN6/c25-20-4-1-17(2-5-20)15-30-9-11-31(12-10-30)24-21-13-18(3-6-22(21)28-16-29-24)19-7-8-27-23(26)14-19/h1-8,13-14,16H,9-12,15H2,(H2,26,27). The molecule has 7 heteroatoms. The topological polar surface area (TPSA) is 71.2 Å². The summed E-state index contributed by atoms with van der Waals surface area (Å²) in [6, 6.07) is 16.8. The van der Waals surface area contributed by atoms with E-state index in [1.165, 1.54) is 12.1 Å². The van der Waals surface area contributed by atoms with E-state index in [0.717, 1.165) is 66.1 Å². The third-order valence-electron chi connectivity index (χ3n) is 5.72. The number of pyridine rings is 1. The van der Waals surface area contributed by atoms with Crippen LogP contribution in [0.3, 0.4) is 0 Å². The van der Waals surface area contributed by atoms with Gasteiger partial charge in [0, 0.05) is 44.3 Å². The molecule has 2 aromatic heterocycles. The van der Waals surface area contributed by atoms with Crippen molar-refractivity contribution in [3.05, 3.63) is 78.5 Å². The fourth-order valence-corrected chi connectivity index (χ4v) is 4.07. The van der Waals surface area contributed by atoms with Crippen molar-refractivity contribution in [3.8, 4) is 11.1 Å². The number of nitrogens with zero attached hydrogens (tertiary/aromatic N) is 5. The normalized spacial score (nSPS) is 14.8. The van der Waals surface area contributed by atoms with Crippen LogP contribution in [0.1, 0.15) is 5.56 Å². The molecular formula is C24H23FN6. The molecule has 2 N–H and O–H groups in total. The van der Waals surface area contributed by atoms with Crippen LogP contribution in [0.25, 0.3) is 22.0 Å². The average Bonchev–Trinajstić information content (AvgIpc) is 2.80. The molecule has 2 aromatic carbocycles. The number of halogens is 1. The molecule has 0 saturated carbocycles. The SMILES string of the molecule is Nc1cc(-c2ccc3ncnc(N4CCN(Cc5ccc(F)cc5)CC4)c3c2)ccn1. The van der Waals surface area contributed by atoms with Crippen LogP contribution >= 0.6 is 0 Å². The maximum atomic E-state index is 13.1. The Kier molecular flexibility index (Phi) is 5.18. The zero-order valence-electron chi connectivity index (χ0n) is 17.1. The molecule has 6 nitrogen and oxygen atoms in total. The largest absolute Gasteiger partial charge is 0.384 e. The lowest BCUT2D eigenvalue weighted by Crippen LogP contribution is -2.46. The van der Waals surface area contributed by atoms with Crippen molar-refractivity contribution in [1.82, 2.24) is 19.9 Å². The summed E-state index contributed by atoms with van der Waals surface area (Å²) in [7, 11) is 0. The Bertz CT molecular complexity index is 1200. The molecule has 5 rings (SSSR count). The maximum Gasteiger partial charge on any atom is 0.139 e. The molecule has 1 fully saturated rings. The second-order valence-corrected chi connectivity index (χ2v) is 7.79. The van der Waals surface area contributed by atoms with Crippen LogP contribution in [0.4, 0.5) is 16.0 Å². The minimum atomic E-state index is -0.196. The number of hydrogen-bond acceptors (Lipinski definition) is 6. The zero-order chi connectivity index (χ0) is 21.2. The van der Waals surface area contributed by atoms with Gasteiger partial charge in [-0.15, -0.1) is 0 Å². The number of rotatable bonds is 4. The van der Waals surface area contributed by atoms with Crippen molar-refractivity contribution in [2.24, 2.45) is 0 Å². The highest BCUT2D eigenvalue weighted by Crippen LogP contribution is 2.29. The van der Waals surface area contributed by atoms with Gasteiger partial charge in [0.15, 0.2) is 0 Å². The van der Waals surface area contributed by atoms with Crippen LogP contribution in [0.5, 0.6) is 0 Å². The van der Waals surface area contributed by atoms with E-state index in [0.29, 0.717) is 5.82 Å². The van der Waals surface area contributed by atoms with Gasteiger partial charge in [-0.1, -0.05) is 18.2 Å². The monoisotopic (exact) mass is 414 g/mol. The third-order valence-corrected chi connectivity index (χ3v) is 5.72. The van der Waals surface area contributed by atoms with E-state index < -0.39 is 0 Å². The van der Waals surface area contributed by atoms with Gasteiger partial charge in [0.2, 0.25) is 0 Å². The van der Waals surface area contributed by atoms with Crippen LogP contribution < -0.4 is 10.6 Å². The van der Waals surface area contributed by atoms with E-state index in [1.54, 1.807) is 12.5 Å². The van der Waals surface area contributed by atoms with Crippen molar-refractivity contribution in [1.29, 1.82) is 0 Å². The second-order valence-electron chi connectivity index (χ2n) is 7.79. The van der Waals surface area contributed by atoms with Crippen LogP contribution in [0.2, 0.25) is 0 Å². The Balaban J connectivity index is 1.36. The van der Waals surface area contributed by atoms with E-state index in [2.05, 4.69) is 36.9 Å². The van der Waals surface area contributed by atoms with Crippen molar-refractivity contribution in [3.63, 3.8) is 0 Å². The number of piperazine rings is 1. The molecular weight excluding hydrogens is 391 g/mol. The lowest BCUT2D eigenvalue weighted by Gasteiger charge is -2.35. The highest BCUT2D eigenvalue weighted by molar-refractivity contribution is 5.93. The number of fused-ring (bicyclic) bond motifs is 1. The number of benzene rings is 2. The Labute approximate surface area is 180 Å². The average molecular weight is 414 g/mol.